The Morgan fingerprint density at radius 3 is 2.52 bits per heavy atom. The molecular formula is C28H20F3N5O2S2. The Kier molecular flexibility index (Phi) is 7.35. The Bertz CT molecular complexity index is 1630. The van der Waals surface area contributed by atoms with Crippen molar-refractivity contribution >= 4 is 57.6 Å². The number of aliphatic imine (C=N–C) groups is 1. The highest BCUT2D eigenvalue weighted by Gasteiger charge is 2.40. The molecule has 0 spiro atoms. The summed E-state index contributed by atoms with van der Waals surface area (Å²) >= 11 is 2.42. The number of hydrogen-bond acceptors (Lipinski definition) is 7. The number of fused-ring (bicyclic) bond motifs is 1. The number of aryl methyl sites for hydroxylation is 1. The van der Waals surface area contributed by atoms with Gasteiger partial charge in [0.15, 0.2) is 5.17 Å². The Hall–Kier alpha value is -4.21. The Balaban J connectivity index is 1.52. The first-order valence-electron chi connectivity index (χ1n) is 11.9. The number of anilines is 2. The number of amidine groups is 1. The maximum absolute atomic E-state index is 13.8. The van der Waals surface area contributed by atoms with Crippen molar-refractivity contribution in [2.24, 2.45) is 4.99 Å². The van der Waals surface area contributed by atoms with Crippen LogP contribution in [0, 0.1) is 18.3 Å². The summed E-state index contributed by atoms with van der Waals surface area (Å²) < 4.78 is 38.2. The summed E-state index contributed by atoms with van der Waals surface area (Å²) in [6, 6.07) is 21.2. The zero-order valence-electron chi connectivity index (χ0n) is 21.1. The van der Waals surface area contributed by atoms with E-state index in [0.717, 1.165) is 11.1 Å². The quantitative estimate of drug-likeness (QED) is 0.353. The van der Waals surface area contributed by atoms with Gasteiger partial charge in [0.25, 0.3) is 5.91 Å². The highest BCUT2D eigenvalue weighted by atomic mass is 32.2. The van der Waals surface area contributed by atoms with Crippen LogP contribution >= 0.6 is 23.5 Å². The van der Waals surface area contributed by atoms with Crippen LogP contribution < -0.4 is 10.2 Å². The van der Waals surface area contributed by atoms with E-state index in [9.17, 15) is 28.0 Å². The molecule has 2 amide bonds. The highest BCUT2D eigenvalue weighted by Crippen LogP contribution is 2.51. The highest BCUT2D eigenvalue weighted by molar-refractivity contribution is 8.19. The number of alkyl halides is 3. The maximum Gasteiger partial charge on any atom is 0.471 e. The molecule has 0 bridgehead atoms. The molecule has 0 atom stereocenters. The van der Waals surface area contributed by atoms with Crippen molar-refractivity contribution < 1.29 is 22.8 Å². The minimum absolute atomic E-state index is 0.000526. The molecule has 0 aliphatic carbocycles. The third kappa shape index (κ3) is 5.43. The van der Waals surface area contributed by atoms with Gasteiger partial charge in [-0.2, -0.15) is 18.4 Å². The van der Waals surface area contributed by atoms with E-state index in [-0.39, 0.29) is 18.1 Å². The van der Waals surface area contributed by atoms with Crippen LogP contribution in [0.4, 0.5) is 30.2 Å². The number of nitrogens with one attached hydrogen (secondary N) is 1. The molecule has 0 aromatic heterocycles. The lowest BCUT2D eigenvalue weighted by Crippen LogP contribution is -2.29. The average Bonchev–Trinajstić information content (AvgIpc) is 3.40. The number of benzene rings is 3. The van der Waals surface area contributed by atoms with Gasteiger partial charge in [0, 0.05) is 17.6 Å². The van der Waals surface area contributed by atoms with Gasteiger partial charge in [0.2, 0.25) is 0 Å². The number of halogens is 3. The van der Waals surface area contributed by atoms with Crippen molar-refractivity contribution in [2.75, 3.05) is 17.3 Å². The van der Waals surface area contributed by atoms with Crippen LogP contribution in [0.5, 0.6) is 0 Å². The van der Waals surface area contributed by atoms with Crippen LogP contribution in [0.3, 0.4) is 0 Å². The van der Waals surface area contributed by atoms with E-state index in [0.29, 0.717) is 36.9 Å². The number of hydrogen-bond donors (Lipinski definition) is 1. The number of amides is 2. The number of rotatable bonds is 4. The third-order valence-corrected chi connectivity index (χ3v) is 8.56. The summed E-state index contributed by atoms with van der Waals surface area (Å²) in [5, 5.41) is 12.3. The predicted octanol–water partition coefficient (Wildman–Crippen LogP) is 6.54. The molecule has 0 unspecified atom stereocenters. The molecule has 40 heavy (non-hydrogen) atoms. The topological polar surface area (TPSA) is 88.8 Å². The fourth-order valence-corrected chi connectivity index (χ4v) is 6.43. The van der Waals surface area contributed by atoms with Crippen molar-refractivity contribution in [3.8, 4) is 6.07 Å². The summed E-state index contributed by atoms with van der Waals surface area (Å²) in [6.45, 7) is 2.14. The number of carbonyl (C=O) groups is 2. The average molecular weight is 580 g/mol. The van der Waals surface area contributed by atoms with Gasteiger partial charge in [-0.25, -0.2) is 4.99 Å². The minimum Gasteiger partial charge on any atom is -0.337 e. The number of thioether (sulfide) groups is 2. The molecule has 1 saturated heterocycles. The largest absolute Gasteiger partial charge is 0.471 e. The van der Waals surface area contributed by atoms with Gasteiger partial charge in [-0.3, -0.25) is 14.5 Å². The van der Waals surface area contributed by atoms with Crippen molar-refractivity contribution in [1.29, 1.82) is 5.26 Å². The summed E-state index contributed by atoms with van der Waals surface area (Å²) in [5.74, 6) is -2.33. The fraction of sp³-hybridized carbons (Fsp3) is 0.143. The normalized spacial score (nSPS) is 17.8. The molecule has 3 aromatic carbocycles. The molecule has 1 fully saturated rings. The molecule has 5 rings (SSSR count). The van der Waals surface area contributed by atoms with Crippen molar-refractivity contribution in [1.82, 2.24) is 4.90 Å². The van der Waals surface area contributed by atoms with E-state index < -0.39 is 12.1 Å². The van der Waals surface area contributed by atoms with E-state index in [1.165, 1.54) is 35.7 Å². The molecule has 2 aliphatic heterocycles. The van der Waals surface area contributed by atoms with Crippen LogP contribution in [0.2, 0.25) is 0 Å². The van der Waals surface area contributed by atoms with Crippen LogP contribution in [0.1, 0.15) is 16.7 Å². The molecule has 0 saturated carbocycles. The minimum atomic E-state index is -5.01. The van der Waals surface area contributed by atoms with Gasteiger partial charge < -0.3 is 10.2 Å². The molecular weight excluding hydrogens is 559 g/mol. The number of nitriles is 1. The van der Waals surface area contributed by atoms with E-state index in [2.05, 4.69) is 6.07 Å². The first-order valence-corrected chi connectivity index (χ1v) is 13.5. The molecule has 7 nitrogen and oxygen atoms in total. The molecule has 3 aromatic rings. The van der Waals surface area contributed by atoms with Crippen LogP contribution in [-0.4, -0.2) is 35.1 Å². The van der Waals surface area contributed by atoms with Gasteiger partial charge in [-0.05, 0) is 60.1 Å². The van der Waals surface area contributed by atoms with E-state index in [1.807, 2.05) is 42.6 Å². The summed E-state index contributed by atoms with van der Waals surface area (Å²) in [5.41, 5.74) is 3.44. The van der Waals surface area contributed by atoms with Gasteiger partial charge >= 0.3 is 12.1 Å². The molecule has 1 N–H and O–H groups in total. The lowest BCUT2D eigenvalue weighted by molar-refractivity contribution is -0.167. The van der Waals surface area contributed by atoms with E-state index in [1.54, 1.807) is 41.1 Å². The summed E-state index contributed by atoms with van der Waals surface area (Å²) in [7, 11) is 1.76. The van der Waals surface area contributed by atoms with Gasteiger partial charge in [-0.1, -0.05) is 48.2 Å². The van der Waals surface area contributed by atoms with Gasteiger partial charge in [0.1, 0.15) is 4.91 Å². The van der Waals surface area contributed by atoms with E-state index >= 15 is 0 Å². The zero-order chi connectivity index (χ0) is 28.6. The van der Waals surface area contributed by atoms with Crippen LogP contribution in [0.25, 0.3) is 0 Å². The predicted molar refractivity (Wildman–Crippen MR) is 150 cm³/mol. The second kappa shape index (κ2) is 10.7. The summed E-state index contributed by atoms with van der Waals surface area (Å²) in [4.78, 5) is 34.4. The monoisotopic (exact) mass is 579 g/mol. The van der Waals surface area contributed by atoms with Crippen molar-refractivity contribution in [3.05, 3.63) is 93.4 Å². The molecule has 12 heteroatoms. The van der Waals surface area contributed by atoms with Crippen molar-refractivity contribution in [2.45, 2.75) is 24.5 Å². The molecule has 0 radical (unpaired) electrons. The number of carbonyl (C=O) groups excluding carboxylic acids is 2. The van der Waals surface area contributed by atoms with Crippen molar-refractivity contribution in [3.63, 3.8) is 0 Å². The lowest BCUT2D eigenvalue weighted by Gasteiger charge is -2.17. The Morgan fingerprint density at radius 2 is 1.82 bits per heavy atom. The number of nitrogens with zero attached hydrogens (tertiary/aromatic N) is 4. The first-order chi connectivity index (χ1) is 19.0. The standard InChI is InChI=1S/C28H20F3N5O2S2/c1-16-8-9-18(14-32)12-20(16)34-27-36(15-17-6-4-3-5-7-17)24(37)23(40-27)25-35(2)21-11-10-19(13-22(21)39-25)33-26(38)28(29,30)31/h3-13H,15H2,1-2H3,(H,33,38). The second-order valence-electron chi connectivity index (χ2n) is 8.92. The lowest BCUT2D eigenvalue weighted by atomic mass is 10.1. The van der Waals surface area contributed by atoms with Crippen LogP contribution in [0.15, 0.2) is 86.6 Å². The van der Waals surface area contributed by atoms with Gasteiger partial charge in [-0.15, -0.1) is 0 Å². The third-order valence-electron chi connectivity index (χ3n) is 6.14. The molecule has 2 aliphatic rings. The Morgan fingerprint density at radius 1 is 1.07 bits per heavy atom. The van der Waals surface area contributed by atoms with E-state index in [4.69, 9.17) is 4.99 Å². The molecule has 202 valence electrons. The SMILES string of the molecule is Cc1ccc(C#N)cc1N=C1SC(=C2Sc3cc(NC(=O)C(F)(F)F)ccc3N2C)C(=O)N1Cc1ccccc1. The smallest absolute Gasteiger partial charge is 0.337 e. The fourth-order valence-electron chi connectivity index (χ4n) is 4.06. The maximum atomic E-state index is 13.8. The second-order valence-corrected chi connectivity index (χ2v) is 10.9. The Labute approximate surface area is 236 Å². The summed E-state index contributed by atoms with van der Waals surface area (Å²) in [6.07, 6.45) is -5.01. The molecule has 2 heterocycles. The zero-order valence-corrected chi connectivity index (χ0v) is 22.7. The van der Waals surface area contributed by atoms with Gasteiger partial charge in [0.05, 0.1) is 34.6 Å². The van der Waals surface area contributed by atoms with Crippen LogP contribution in [-0.2, 0) is 16.1 Å². The first kappa shape index (κ1) is 27.4.